The Kier molecular flexibility index (Phi) is 7.86. The average molecular weight is 620 g/mol. The number of rotatable bonds is 7. The molecule has 0 spiro atoms. The summed E-state index contributed by atoms with van der Waals surface area (Å²) in [5.41, 5.74) is 1.76. The monoisotopic (exact) mass is 620 g/mol. The standard InChI is InChI=1S/C25H24FIN5O5/c1-12-16(26)8-19(22(37-3)21(12)14-6-7-17(25(35)36)29-11-14)30-18-9-20(31-23(33)13-4-5-13)32-27-10-15(18)24(34)28-2/h6-11,13,30H,4-5H2,1-3H3,(H,28,34)(H,35,36)(H,31,32,33)/q-1. The number of anilines is 1. The van der Waals surface area contributed by atoms with Gasteiger partial charge in [-0.05, 0) is 0 Å². The van der Waals surface area contributed by atoms with Gasteiger partial charge < -0.3 is 5.11 Å². The summed E-state index contributed by atoms with van der Waals surface area (Å²) in [6.45, 7) is 1.57. The van der Waals surface area contributed by atoms with E-state index in [1.54, 1.807) is 17.1 Å². The van der Waals surface area contributed by atoms with Gasteiger partial charge in [0.05, 0.1) is 0 Å². The molecule has 0 radical (unpaired) electrons. The van der Waals surface area contributed by atoms with Gasteiger partial charge >= 0.3 is 213 Å². The molecule has 37 heavy (non-hydrogen) atoms. The number of amidine groups is 1. The number of carboxylic acid groups (broad SMARTS) is 1. The van der Waals surface area contributed by atoms with Gasteiger partial charge in [-0.2, -0.15) is 0 Å². The van der Waals surface area contributed by atoms with Gasteiger partial charge in [0.2, 0.25) is 0 Å². The van der Waals surface area contributed by atoms with Crippen LogP contribution in [0.25, 0.3) is 11.1 Å². The van der Waals surface area contributed by atoms with Gasteiger partial charge in [-0.15, -0.1) is 0 Å². The van der Waals surface area contributed by atoms with Crippen molar-refractivity contribution in [2.24, 2.45) is 9.12 Å². The normalized spacial score (nSPS) is 15.2. The van der Waals surface area contributed by atoms with E-state index in [9.17, 15) is 14.4 Å². The van der Waals surface area contributed by atoms with Crippen molar-refractivity contribution in [1.29, 1.82) is 0 Å². The van der Waals surface area contributed by atoms with E-state index >= 15 is 4.39 Å². The fourth-order valence-corrected chi connectivity index (χ4v) is 5.25. The summed E-state index contributed by atoms with van der Waals surface area (Å²) in [6.07, 6.45) is 4.54. The third-order valence-corrected chi connectivity index (χ3v) is 7.46. The molecule has 0 atom stereocenters. The van der Waals surface area contributed by atoms with E-state index in [-0.39, 0.29) is 40.4 Å². The number of amides is 2. The maximum atomic E-state index is 15.2. The van der Waals surface area contributed by atoms with Crippen molar-refractivity contribution in [3.05, 3.63) is 62.9 Å². The van der Waals surface area contributed by atoms with Crippen LogP contribution in [0, 0.1) is 18.7 Å². The van der Waals surface area contributed by atoms with Crippen LogP contribution in [-0.4, -0.2) is 47.9 Å². The molecule has 1 aliphatic heterocycles. The van der Waals surface area contributed by atoms with Crippen LogP contribution < -0.4 is 42.2 Å². The Balaban J connectivity index is 1.78. The summed E-state index contributed by atoms with van der Waals surface area (Å²) in [5.74, 6) is -1.68. The van der Waals surface area contributed by atoms with Gasteiger partial charge in [-0.1, -0.05) is 0 Å². The summed E-state index contributed by atoms with van der Waals surface area (Å²) in [6, 6.07) is 4.09. The number of halogens is 2. The number of hydrogen-bond acceptors (Lipinski definition) is 7. The zero-order valence-corrected chi connectivity index (χ0v) is 22.3. The second-order valence-electron chi connectivity index (χ2n) is 8.29. The van der Waals surface area contributed by atoms with Crippen LogP contribution in [0.3, 0.4) is 0 Å². The summed E-state index contributed by atoms with van der Waals surface area (Å²) in [4.78, 5) is 40.2. The van der Waals surface area contributed by atoms with E-state index in [0.717, 1.165) is 12.8 Å². The average Bonchev–Trinajstić information content (AvgIpc) is 3.74. The molecule has 2 aliphatic rings. The zero-order chi connectivity index (χ0) is 26.7. The number of benzene rings is 1. The molecule has 1 aromatic carbocycles. The molecule has 0 bridgehead atoms. The Morgan fingerprint density at radius 3 is 2.59 bits per heavy atom. The molecule has 0 unspecified atom stereocenters. The summed E-state index contributed by atoms with van der Waals surface area (Å²) < 4.78 is 27.0. The van der Waals surface area contributed by atoms with Crippen LogP contribution in [0.5, 0.6) is 5.75 Å². The number of carboxylic acids is 1. The van der Waals surface area contributed by atoms with Gasteiger partial charge in [-0.25, -0.2) is 4.79 Å². The van der Waals surface area contributed by atoms with E-state index in [0.29, 0.717) is 28.2 Å². The van der Waals surface area contributed by atoms with Crippen LogP contribution in [0.15, 0.2) is 49.0 Å². The number of methoxy groups -OCH3 is 1. The number of aromatic nitrogens is 1. The van der Waals surface area contributed by atoms with Crippen LogP contribution in [0.1, 0.15) is 28.9 Å². The number of pyridine rings is 1. The minimum atomic E-state index is -1.18. The van der Waals surface area contributed by atoms with E-state index < -0.39 is 33.3 Å². The summed E-state index contributed by atoms with van der Waals surface area (Å²) in [7, 11) is 2.92. The Morgan fingerprint density at radius 1 is 1.24 bits per heavy atom. The van der Waals surface area contributed by atoms with E-state index in [2.05, 4.69) is 24.1 Å². The molecule has 10 nitrogen and oxygen atoms in total. The number of nitrogens with zero attached hydrogens (tertiary/aromatic N) is 2. The molecule has 0 saturated heterocycles. The fraction of sp³-hybridized carbons (Fsp3) is 0.240. The van der Waals surface area contributed by atoms with E-state index in [1.807, 2.05) is 0 Å². The van der Waals surface area contributed by atoms with Crippen molar-refractivity contribution in [1.82, 2.24) is 15.6 Å². The van der Waals surface area contributed by atoms with Crippen LogP contribution in [-0.2, 0) is 9.59 Å². The van der Waals surface area contributed by atoms with E-state index in [1.165, 1.54) is 38.6 Å². The molecule has 1 aliphatic carbocycles. The van der Waals surface area contributed by atoms with Crippen molar-refractivity contribution in [2.45, 2.75) is 19.8 Å². The van der Waals surface area contributed by atoms with Gasteiger partial charge in [0, 0.05) is 0 Å². The number of carbonyl (C=O) groups excluding carboxylic acids is 2. The molecule has 2 aromatic rings. The molecule has 1 aromatic heterocycles. The first-order chi connectivity index (χ1) is 17.7. The summed E-state index contributed by atoms with van der Waals surface area (Å²) in [5, 5.41) is 17.7. The van der Waals surface area contributed by atoms with E-state index in [4.69, 9.17) is 9.84 Å². The summed E-state index contributed by atoms with van der Waals surface area (Å²) >= 11 is -0.946. The van der Waals surface area contributed by atoms with Crippen molar-refractivity contribution in [2.75, 3.05) is 19.5 Å². The molecular weight excluding hydrogens is 596 g/mol. The van der Waals surface area contributed by atoms with Gasteiger partial charge in [-0.3, -0.25) is 0 Å². The molecule has 12 heteroatoms. The number of hydrogen-bond donors (Lipinski definition) is 4. The Labute approximate surface area is 222 Å². The van der Waals surface area contributed by atoms with Crippen molar-refractivity contribution < 1.29 is 50.1 Å². The molecule has 2 amide bonds. The Morgan fingerprint density at radius 2 is 2.00 bits per heavy atom. The second kappa shape index (κ2) is 11.1. The second-order valence-corrected chi connectivity index (χ2v) is 9.95. The Bertz CT molecular complexity index is 1370. The third-order valence-electron chi connectivity index (χ3n) is 5.76. The zero-order valence-electron chi connectivity index (χ0n) is 20.2. The fourth-order valence-electron chi connectivity index (χ4n) is 3.66. The number of carbonyl (C=O) groups is 3. The molecule has 4 rings (SSSR count). The predicted octanol–water partition coefficient (Wildman–Crippen LogP) is -0.229. The van der Waals surface area contributed by atoms with Crippen molar-refractivity contribution >= 4 is 29.3 Å². The maximum absolute atomic E-state index is 15.2. The van der Waals surface area contributed by atoms with Gasteiger partial charge in [0.15, 0.2) is 0 Å². The van der Waals surface area contributed by atoms with Gasteiger partial charge in [0.25, 0.3) is 0 Å². The minimum absolute atomic E-state index is 0.0321. The topological polar surface area (TPSA) is 142 Å². The molecule has 1 fully saturated rings. The molecular formula is C25H24FIN5O5-. The number of ether oxygens (including phenoxy) is 1. The number of likely N-dealkylation sites (N-methyl/N-ethyl adjacent to an activating group) is 1. The molecule has 194 valence electrons. The van der Waals surface area contributed by atoms with Crippen LogP contribution in [0.2, 0.25) is 0 Å². The molecule has 4 N–H and O–H groups in total. The predicted molar refractivity (Wildman–Crippen MR) is 130 cm³/mol. The van der Waals surface area contributed by atoms with Crippen LogP contribution in [0.4, 0.5) is 10.1 Å². The van der Waals surface area contributed by atoms with Crippen molar-refractivity contribution in [3.8, 4) is 16.9 Å². The first-order valence-electron chi connectivity index (χ1n) is 11.2. The first-order valence-corrected chi connectivity index (χ1v) is 13.4. The van der Waals surface area contributed by atoms with Crippen LogP contribution >= 0.6 is 0 Å². The first kappa shape index (κ1) is 26.3. The molecule has 2 heterocycles. The molecule has 1 saturated carbocycles. The number of nitrogens with one attached hydrogen (secondary N) is 3. The third kappa shape index (κ3) is 5.79. The van der Waals surface area contributed by atoms with Crippen molar-refractivity contribution in [3.63, 3.8) is 0 Å². The number of aromatic carboxylic acids is 1. The quantitative estimate of drug-likeness (QED) is 0.314. The SMILES string of the molecule is CNC(=O)C1=C[I-]N=C(NC(=O)C2CC2)C=C1Nc1cc(F)c(C)c(-c2ccc(C(=O)O)nc2)c1OC. The van der Waals surface area contributed by atoms with Gasteiger partial charge in [0.1, 0.15) is 0 Å². The Hall–Kier alpha value is -3.81.